The van der Waals surface area contributed by atoms with E-state index in [2.05, 4.69) is 30.2 Å². The van der Waals surface area contributed by atoms with Crippen molar-refractivity contribution in [3.05, 3.63) is 52.8 Å². The number of fused-ring (bicyclic) bond motifs is 1. The largest absolute Gasteiger partial charge is 0.321 e. The van der Waals surface area contributed by atoms with E-state index in [9.17, 15) is 4.79 Å². The highest BCUT2D eigenvalue weighted by atomic mass is 32.1. The van der Waals surface area contributed by atoms with Gasteiger partial charge < -0.3 is 5.32 Å². The standard InChI is InChI=1S/C16H13N7OS/c1-9-15(25-22-18-9)16(24)17-12-5-3-4-11(8-12)13-6-7-14-20-19-10(2)23(14)21-13/h3-8H,1-2H3,(H,17,24). The smallest absolute Gasteiger partial charge is 0.269 e. The van der Waals surface area contributed by atoms with Crippen molar-refractivity contribution in [1.82, 2.24) is 29.4 Å². The van der Waals surface area contributed by atoms with E-state index in [0.29, 0.717) is 21.9 Å². The second-order valence-corrected chi connectivity index (χ2v) is 6.21. The van der Waals surface area contributed by atoms with Crippen LogP contribution in [0.4, 0.5) is 5.69 Å². The molecule has 0 unspecified atom stereocenters. The molecule has 0 spiro atoms. The second-order valence-electron chi connectivity index (χ2n) is 5.46. The summed E-state index contributed by atoms with van der Waals surface area (Å²) in [4.78, 5) is 12.8. The first kappa shape index (κ1) is 15.3. The van der Waals surface area contributed by atoms with Gasteiger partial charge in [0, 0.05) is 11.3 Å². The minimum absolute atomic E-state index is 0.220. The van der Waals surface area contributed by atoms with Crippen LogP contribution < -0.4 is 5.32 Å². The van der Waals surface area contributed by atoms with E-state index in [4.69, 9.17) is 0 Å². The molecule has 0 saturated carbocycles. The molecule has 4 aromatic rings. The molecule has 1 aromatic carbocycles. The molecule has 3 aromatic heterocycles. The van der Waals surface area contributed by atoms with Crippen LogP contribution in [0.2, 0.25) is 0 Å². The molecule has 0 aliphatic carbocycles. The third-order valence-electron chi connectivity index (χ3n) is 3.69. The predicted molar refractivity (Wildman–Crippen MR) is 93.6 cm³/mol. The molecule has 0 saturated heterocycles. The highest BCUT2D eigenvalue weighted by molar-refractivity contribution is 7.08. The van der Waals surface area contributed by atoms with Gasteiger partial charge in [0.1, 0.15) is 4.88 Å². The Bertz CT molecular complexity index is 1080. The molecule has 8 nitrogen and oxygen atoms in total. The van der Waals surface area contributed by atoms with Crippen molar-refractivity contribution in [2.75, 3.05) is 5.32 Å². The summed E-state index contributed by atoms with van der Waals surface area (Å²) in [5.41, 5.74) is 3.64. The van der Waals surface area contributed by atoms with Crippen molar-refractivity contribution in [3.8, 4) is 11.3 Å². The summed E-state index contributed by atoms with van der Waals surface area (Å²) in [5.74, 6) is 0.497. The van der Waals surface area contributed by atoms with Gasteiger partial charge in [-0.25, -0.2) is 0 Å². The molecule has 0 radical (unpaired) electrons. The third-order valence-corrected chi connectivity index (χ3v) is 4.52. The van der Waals surface area contributed by atoms with E-state index in [0.717, 1.165) is 28.6 Å². The van der Waals surface area contributed by atoms with Gasteiger partial charge in [-0.1, -0.05) is 16.6 Å². The number of aromatic nitrogens is 6. The third kappa shape index (κ3) is 2.85. The lowest BCUT2D eigenvalue weighted by Crippen LogP contribution is -2.11. The van der Waals surface area contributed by atoms with Gasteiger partial charge in [-0.15, -0.1) is 15.3 Å². The number of carbonyl (C=O) groups excluding carboxylic acids is 1. The molecular formula is C16H13N7OS. The molecule has 1 N–H and O–H groups in total. The zero-order chi connectivity index (χ0) is 17.4. The lowest BCUT2D eigenvalue weighted by atomic mass is 10.1. The first-order valence-corrected chi connectivity index (χ1v) is 8.29. The topological polar surface area (TPSA) is 98.0 Å². The fraction of sp³-hybridized carbons (Fsp3) is 0.125. The number of amides is 1. The SMILES string of the molecule is Cc1nnsc1C(=O)Nc1cccc(-c2ccc3nnc(C)n3n2)c1. The normalized spacial score (nSPS) is 11.0. The molecule has 4 rings (SSSR count). The number of anilines is 1. The lowest BCUT2D eigenvalue weighted by molar-refractivity contribution is 0.103. The number of carbonyl (C=O) groups is 1. The number of benzene rings is 1. The van der Waals surface area contributed by atoms with Gasteiger partial charge in [-0.05, 0) is 49.6 Å². The van der Waals surface area contributed by atoms with E-state index in [1.54, 1.807) is 11.4 Å². The van der Waals surface area contributed by atoms with Crippen LogP contribution in [0.3, 0.4) is 0 Å². The van der Waals surface area contributed by atoms with Gasteiger partial charge >= 0.3 is 0 Å². The summed E-state index contributed by atoms with van der Waals surface area (Å²) in [6.07, 6.45) is 0. The zero-order valence-corrected chi connectivity index (χ0v) is 14.3. The second kappa shape index (κ2) is 6.02. The number of hydrogen-bond acceptors (Lipinski definition) is 7. The summed E-state index contributed by atoms with van der Waals surface area (Å²) < 4.78 is 5.48. The van der Waals surface area contributed by atoms with Crippen LogP contribution in [0.1, 0.15) is 21.2 Å². The van der Waals surface area contributed by atoms with Gasteiger partial charge in [0.25, 0.3) is 5.91 Å². The van der Waals surface area contributed by atoms with Crippen molar-refractivity contribution in [2.45, 2.75) is 13.8 Å². The average molecular weight is 351 g/mol. The molecule has 0 aliphatic heterocycles. The van der Waals surface area contributed by atoms with E-state index >= 15 is 0 Å². The van der Waals surface area contributed by atoms with Crippen LogP contribution in [0, 0.1) is 13.8 Å². The summed E-state index contributed by atoms with van der Waals surface area (Å²) in [7, 11) is 0. The maximum Gasteiger partial charge on any atom is 0.269 e. The van der Waals surface area contributed by atoms with Gasteiger partial charge in [0.15, 0.2) is 11.5 Å². The zero-order valence-electron chi connectivity index (χ0n) is 13.5. The van der Waals surface area contributed by atoms with Crippen LogP contribution in [0.25, 0.3) is 16.9 Å². The minimum Gasteiger partial charge on any atom is -0.321 e. The number of rotatable bonds is 3. The number of hydrogen-bond donors (Lipinski definition) is 1. The Kier molecular flexibility index (Phi) is 3.69. The highest BCUT2D eigenvalue weighted by Crippen LogP contribution is 2.22. The Labute approximate surface area is 146 Å². The van der Waals surface area contributed by atoms with E-state index in [1.807, 2.05) is 43.3 Å². The van der Waals surface area contributed by atoms with Crippen LogP contribution in [0.15, 0.2) is 36.4 Å². The summed E-state index contributed by atoms with van der Waals surface area (Å²) >= 11 is 1.08. The van der Waals surface area contributed by atoms with Gasteiger partial charge in [0.2, 0.25) is 0 Å². The fourth-order valence-electron chi connectivity index (χ4n) is 2.43. The lowest BCUT2D eigenvalue weighted by Gasteiger charge is -2.07. The summed E-state index contributed by atoms with van der Waals surface area (Å²) in [5, 5.41) is 19.3. The summed E-state index contributed by atoms with van der Waals surface area (Å²) in [6, 6.07) is 11.2. The molecule has 0 aliphatic rings. The fourth-order valence-corrected chi connectivity index (χ4v) is 2.99. The molecule has 0 bridgehead atoms. The maximum atomic E-state index is 12.3. The van der Waals surface area contributed by atoms with E-state index < -0.39 is 0 Å². The molecule has 0 fully saturated rings. The van der Waals surface area contributed by atoms with Gasteiger partial charge in [-0.2, -0.15) is 9.61 Å². The monoisotopic (exact) mass is 351 g/mol. The molecule has 124 valence electrons. The first-order valence-electron chi connectivity index (χ1n) is 7.51. The van der Waals surface area contributed by atoms with Crippen molar-refractivity contribution in [1.29, 1.82) is 0 Å². The first-order chi connectivity index (χ1) is 12.1. The Morgan fingerprint density at radius 3 is 2.80 bits per heavy atom. The minimum atomic E-state index is -0.220. The molecule has 25 heavy (non-hydrogen) atoms. The van der Waals surface area contributed by atoms with Crippen molar-refractivity contribution < 1.29 is 4.79 Å². The molecule has 9 heteroatoms. The van der Waals surface area contributed by atoms with Crippen molar-refractivity contribution in [2.24, 2.45) is 0 Å². The number of nitrogens with one attached hydrogen (secondary N) is 1. The maximum absolute atomic E-state index is 12.3. The van der Waals surface area contributed by atoms with Crippen molar-refractivity contribution in [3.63, 3.8) is 0 Å². The van der Waals surface area contributed by atoms with Gasteiger partial charge in [-0.3, -0.25) is 4.79 Å². The molecular weight excluding hydrogens is 338 g/mol. The Hall–Kier alpha value is -3.20. The van der Waals surface area contributed by atoms with E-state index in [1.165, 1.54) is 0 Å². The predicted octanol–water partition coefficient (Wildman–Crippen LogP) is 2.51. The highest BCUT2D eigenvalue weighted by Gasteiger charge is 2.14. The molecule has 0 atom stereocenters. The summed E-state index contributed by atoms with van der Waals surface area (Å²) in [6.45, 7) is 3.61. The van der Waals surface area contributed by atoms with Gasteiger partial charge in [0.05, 0.1) is 11.4 Å². The number of nitrogens with zero attached hydrogens (tertiary/aromatic N) is 6. The van der Waals surface area contributed by atoms with Crippen LogP contribution in [-0.4, -0.2) is 35.3 Å². The Morgan fingerprint density at radius 1 is 1.12 bits per heavy atom. The quantitative estimate of drug-likeness (QED) is 0.609. The van der Waals surface area contributed by atoms with Crippen LogP contribution >= 0.6 is 11.5 Å². The van der Waals surface area contributed by atoms with E-state index in [-0.39, 0.29) is 5.91 Å². The van der Waals surface area contributed by atoms with Crippen LogP contribution in [0.5, 0.6) is 0 Å². The molecule has 3 heterocycles. The Balaban J connectivity index is 1.65. The number of aryl methyl sites for hydroxylation is 2. The molecule has 1 amide bonds. The average Bonchev–Trinajstić information content (AvgIpc) is 3.21. The Morgan fingerprint density at radius 2 is 2.00 bits per heavy atom. The van der Waals surface area contributed by atoms with Crippen molar-refractivity contribution >= 4 is 28.8 Å². The van der Waals surface area contributed by atoms with Crippen LogP contribution in [-0.2, 0) is 0 Å².